The zero-order chi connectivity index (χ0) is 15.3. The fourth-order valence-corrected chi connectivity index (χ4v) is 2.57. The summed E-state index contributed by atoms with van der Waals surface area (Å²) in [6, 6.07) is 7.25. The van der Waals surface area contributed by atoms with E-state index in [4.69, 9.17) is 5.73 Å². The van der Waals surface area contributed by atoms with Crippen molar-refractivity contribution in [3.8, 4) is 0 Å². The molecule has 1 amide bonds. The Labute approximate surface area is 125 Å². The summed E-state index contributed by atoms with van der Waals surface area (Å²) in [5, 5.41) is 12.3. The van der Waals surface area contributed by atoms with Crippen molar-refractivity contribution >= 4 is 23.4 Å². The van der Waals surface area contributed by atoms with Gasteiger partial charge >= 0.3 is 0 Å². The van der Waals surface area contributed by atoms with Crippen LogP contribution in [0.25, 0.3) is 0 Å². The smallest absolute Gasteiger partial charge is 0.230 e. The summed E-state index contributed by atoms with van der Waals surface area (Å²) < 4.78 is 0. The van der Waals surface area contributed by atoms with Gasteiger partial charge in [-0.1, -0.05) is 12.1 Å². The molecule has 2 unspecified atom stereocenters. The van der Waals surface area contributed by atoms with E-state index in [0.717, 1.165) is 5.56 Å². The maximum absolute atomic E-state index is 12.5. The largest absolute Gasteiger partial charge is 0.399 e. The van der Waals surface area contributed by atoms with Crippen molar-refractivity contribution in [1.82, 2.24) is 5.32 Å². The van der Waals surface area contributed by atoms with Gasteiger partial charge in [0.05, 0.1) is 12.0 Å². The summed E-state index contributed by atoms with van der Waals surface area (Å²) in [5.41, 5.74) is 6.63. The number of nitrogens with two attached hydrogens (primary N) is 1. The van der Waals surface area contributed by atoms with Crippen molar-refractivity contribution in [2.24, 2.45) is 0 Å². The highest BCUT2D eigenvalue weighted by atomic mass is 32.2. The van der Waals surface area contributed by atoms with E-state index in [1.54, 1.807) is 23.9 Å². The van der Waals surface area contributed by atoms with Crippen LogP contribution in [0.2, 0.25) is 0 Å². The van der Waals surface area contributed by atoms with E-state index in [9.17, 15) is 9.90 Å². The summed E-state index contributed by atoms with van der Waals surface area (Å²) >= 11 is 1.55. The van der Waals surface area contributed by atoms with E-state index in [1.807, 2.05) is 39.2 Å². The Hall–Kier alpha value is -1.20. The zero-order valence-electron chi connectivity index (χ0n) is 12.5. The number of aliphatic hydroxyl groups is 1. The minimum Gasteiger partial charge on any atom is -0.399 e. The number of carbonyl (C=O) groups is 1. The number of rotatable bonds is 6. The first kappa shape index (κ1) is 16.9. The highest BCUT2D eigenvalue weighted by Crippen LogP contribution is 2.25. The van der Waals surface area contributed by atoms with Crippen LogP contribution >= 0.6 is 11.8 Å². The van der Waals surface area contributed by atoms with Crippen molar-refractivity contribution < 1.29 is 9.90 Å². The normalized spacial score (nSPS) is 14.7. The Balaban J connectivity index is 2.81. The van der Waals surface area contributed by atoms with E-state index < -0.39 is 5.41 Å². The Morgan fingerprint density at radius 1 is 1.40 bits per heavy atom. The molecule has 2 atom stereocenters. The standard InChI is InChI=1S/C15H24N2O2S/c1-10(13(9-18)20-4)17-14(19)15(2,3)11-5-7-12(16)8-6-11/h5-8,10,13,18H,9,16H2,1-4H3,(H,17,19). The van der Waals surface area contributed by atoms with Crippen molar-refractivity contribution in [2.45, 2.75) is 37.5 Å². The summed E-state index contributed by atoms with van der Waals surface area (Å²) in [5.74, 6) is -0.0535. The molecule has 0 heterocycles. The van der Waals surface area contributed by atoms with Gasteiger partial charge in [0.25, 0.3) is 0 Å². The SMILES string of the molecule is CSC(CO)C(C)NC(=O)C(C)(C)c1ccc(N)cc1. The van der Waals surface area contributed by atoms with Crippen LogP contribution in [0.4, 0.5) is 5.69 Å². The fourth-order valence-electron chi connectivity index (χ4n) is 1.95. The number of benzene rings is 1. The van der Waals surface area contributed by atoms with Gasteiger partial charge in [0, 0.05) is 17.0 Å². The summed E-state index contributed by atoms with van der Waals surface area (Å²) in [4.78, 5) is 12.5. The molecule has 4 N–H and O–H groups in total. The number of anilines is 1. The molecule has 1 rings (SSSR count). The molecule has 0 saturated carbocycles. The van der Waals surface area contributed by atoms with Crippen LogP contribution in [0.5, 0.6) is 0 Å². The van der Waals surface area contributed by atoms with Gasteiger partial charge in [-0.3, -0.25) is 4.79 Å². The molecular weight excluding hydrogens is 272 g/mol. The molecule has 20 heavy (non-hydrogen) atoms. The lowest BCUT2D eigenvalue weighted by Crippen LogP contribution is -2.48. The first-order valence-electron chi connectivity index (χ1n) is 6.63. The van der Waals surface area contributed by atoms with Crippen molar-refractivity contribution in [2.75, 3.05) is 18.6 Å². The summed E-state index contributed by atoms with van der Waals surface area (Å²) in [6.45, 7) is 5.72. The highest BCUT2D eigenvalue weighted by molar-refractivity contribution is 7.99. The van der Waals surface area contributed by atoms with Crippen LogP contribution in [0.15, 0.2) is 24.3 Å². The number of hydrogen-bond donors (Lipinski definition) is 3. The molecule has 0 saturated heterocycles. The Morgan fingerprint density at radius 2 is 1.95 bits per heavy atom. The average molecular weight is 296 g/mol. The number of nitrogens with one attached hydrogen (secondary N) is 1. The van der Waals surface area contributed by atoms with Gasteiger partial charge in [-0.05, 0) is 44.7 Å². The molecule has 0 spiro atoms. The monoisotopic (exact) mass is 296 g/mol. The van der Waals surface area contributed by atoms with Crippen LogP contribution in [0, 0.1) is 0 Å². The van der Waals surface area contributed by atoms with Gasteiger partial charge < -0.3 is 16.2 Å². The van der Waals surface area contributed by atoms with Crippen molar-refractivity contribution in [1.29, 1.82) is 0 Å². The minimum absolute atomic E-state index is 0.00108. The maximum atomic E-state index is 12.5. The summed E-state index contributed by atoms with van der Waals surface area (Å²) in [7, 11) is 0. The molecule has 1 aromatic carbocycles. The third-order valence-electron chi connectivity index (χ3n) is 3.60. The lowest BCUT2D eigenvalue weighted by Gasteiger charge is -2.29. The minimum atomic E-state index is -0.639. The quantitative estimate of drug-likeness (QED) is 0.699. The number of amides is 1. The van der Waals surface area contributed by atoms with E-state index in [0.29, 0.717) is 5.69 Å². The molecule has 0 bridgehead atoms. The van der Waals surface area contributed by atoms with E-state index in [1.165, 1.54) is 0 Å². The van der Waals surface area contributed by atoms with Crippen LogP contribution in [-0.4, -0.2) is 35.2 Å². The van der Waals surface area contributed by atoms with E-state index >= 15 is 0 Å². The topological polar surface area (TPSA) is 75.3 Å². The number of carbonyl (C=O) groups excluding carboxylic acids is 1. The lowest BCUT2D eigenvalue weighted by molar-refractivity contribution is -0.126. The van der Waals surface area contributed by atoms with Crippen molar-refractivity contribution in [3.05, 3.63) is 29.8 Å². The van der Waals surface area contributed by atoms with Gasteiger partial charge in [0.15, 0.2) is 0 Å². The molecule has 0 radical (unpaired) electrons. The third kappa shape index (κ3) is 3.90. The van der Waals surface area contributed by atoms with Gasteiger partial charge in [-0.2, -0.15) is 11.8 Å². The molecule has 1 aromatic rings. The van der Waals surface area contributed by atoms with Gasteiger partial charge in [0.1, 0.15) is 0 Å². The Morgan fingerprint density at radius 3 is 2.40 bits per heavy atom. The Bertz CT molecular complexity index is 442. The third-order valence-corrected chi connectivity index (χ3v) is 4.76. The molecular formula is C15H24N2O2S. The van der Waals surface area contributed by atoms with Crippen LogP contribution in [0.3, 0.4) is 0 Å². The predicted octanol–water partition coefficient (Wildman–Crippen LogP) is 1.77. The molecule has 0 aliphatic heterocycles. The van der Waals surface area contributed by atoms with Crippen LogP contribution in [0.1, 0.15) is 26.3 Å². The Kier molecular flexibility index (Phi) is 5.89. The zero-order valence-corrected chi connectivity index (χ0v) is 13.3. The second-order valence-corrected chi connectivity index (χ2v) is 6.54. The number of thioether (sulfide) groups is 1. The molecule has 5 heteroatoms. The molecule has 4 nitrogen and oxygen atoms in total. The van der Waals surface area contributed by atoms with Crippen molar-refractivity contribution in [3.63, 3.8) is 0 Å². The molecule has 0 aliphatic rings. The van der Waals surface area contributed by atoms with E-state index in [2.05, 4.69) is 5.32 Å². The molecule has 0 aliphatic carbocycles. The van der Waals surface area contributed by atoms with Crippen LogP contribution < -0.4 is 11.1 Å². The molecule has 0 aromatic heterocycles. The highest BCUT2D eigenvalue weighted by Gasteiger charge is 2.31. The van der Waals surface area contributed by atoms with Gasteiger partial charge in [-0.25, -0.2) is 0 Å². The number of aliphatic hydroxyl groups excluding tert-OH is 1. The van der Waals surface area contributed by atoms with Gasteiger partial charge in [-0.15, -0.1) is 0 Å². The fraction of sp³-hybridized carbons (Fsp3) is 0.533. The number of nitrogen functional groups attached to an aromatic ring is 1. The lowest BCUT2D eigenvalue weighted by atomic mass is 9.83. The van der Waals surface area contributed by atoms with E-state index in [-0.39, 0.29) is 23.8 Å². The first-order valence-corrected chi connectivity index (χ1v) is 7.92. The second-order valence-electron chi connectivity index (χ2n) is 5.47. The predicted molar refractivity (Wildman–Crippen MR) is 85.9 cm³/mol. The summed E-state index contributed by atoms with van der Waals surface area (Å²) in [6.07, 6.45) is 1.93. The average Bonchev–Trinajstić information content (AvgIpc) is 2.40. The first-order chi connectivity index (χ1) is 9.32. The second kappa shape index (κ2) is 6.99. The maximum Gasteiger partial charge on any atom is 0.230 e. The van der Waals surface area contributed by atoms with Gasteiger partial charge in [0.2, 0.25) is 5.91 Å². The number of hydrogen-bond acceptors (Lipinski definition) is 4. The molecule has 112 valence electrons. The van der Waals surface area contributed by atoms with Crippen LogP contribution in [-0.2, 0) is 10.2 Å². The molecule has 0 fully saturated rings.